The van der Waals surface area contributed by atoms with Crippen molar-refractivity contribution >= 4 is 5.91 Å². The zero-order valence-electron chi connectivity index (χ0n) is 12.0. The second kappa shape index (κ2) is 6.22. The number of H-pyrrole nitrogens is 1. The molecule has 0 bridgehead atoms. The molecule has 2 unspecified atom stereocenters. The summed E-state index contributed by atoms with van der Waals surface area (Å²) in [6.07, 6.45) is 3.50. The number of aliphatic hydroxyl groups is 1. The summed E-state index contributed by atoms with van der Waals surface area (Å²) in [6, 6.07) is 1.78. The Labute approximate surface area is 118 Å². The SMILES string of the molecule is Cc1cc(C)c(C(=O)NCC2CCCCC2O)c(=O)[nH]1. The number of aromatic amines is 1. The average Bonchev–Trinajstić information content (AvgIpc) is 2.36. The van der Waals surface area contributed by atoms with Gasteiger partial charge in [-0.25, -0.2) is 0 Å². The third-order valence-corrected chi connectivity index (χ3v) is 3.99. The molecule has 0 aromatic carbocycles. The number of hydrogen-bond donors (Lipinski definition) is 3. The molecule has 110 valence electrons. The molecule has 0 radical (unpaired) electrons. The largest absolute Gasteiger partial charge is 0.393 e. The van der Waals surface area contributed by atoms with Crippen molar-refractivity contribution in [2.45, 2.75) is 45.6 Å². The Balaban J connectivity index is 2.04. The number of aliphatic hydroxyl groups excluding tert-OH is 1. The van der Waals surface area contributed by atoms with Crippen molar-refractivity contribution < 1.29 is 9.90 Å². The van der Waals surface area contributed by atoms with E-state index in [4.69, 9.17) is 0 Å². The van der Waals surface area contributed by atoms with Gasteiger partial charge in [0.15, 0.2) is 0 Å². The topological polar surface area (TPSA) is 82.2 Å². The number of amides is 1. The van der Waals surface area contributed by atoms with Crippen LogP contribution in [0.2, 0.25) is 0 Å². The van der Waals surface area contributed by atoms with Crippen LogP contribution in [0.5, 0.6) is 0 Å². The van der Waals surface area contributed by atoms with Gasteiger partial charge >= 0.3 is 0 Å². The zero-order chi connectivity index (χ0) is 14.7. The molecule has 1 fully saturated rings. The van der Waals surface area contributed by atoms with Crippen LogP contribution < -0.4 is 10.9 Å². The Morgan fingerprint density at radius 2 is 2.10 bits per heavy atom. The summed E-state index contributed by atoms with van der Waals surface area (Å²) < 4.78 is 0. The van der Waals surface area contributed by atoms with Crippen molar-refractivity contribution in [3.05, 3.63) is 33.2 Å². The van der Waals surface area contributed by atoms with Crippen LogP contribution in [0.25, 0.3) is 0 Å². The number of nitrogens with one attached hydrogen (secondary N) is 2. The molecule has 1 aromatic rings. The van der Waals surface area contributed by atoms with Gasteiger partial charge in [-0.15, -0.1) is 0 Å². The molecule has 5 heteroatoms. The van der Waals surface area contributed by atoms with E-state index in [2.05, 4.69) is 10.3 Å². The van der Waals surface area contributed by atoms with E-state index in [1.807, 2.05) is 0 Å². The van der Waals surface area contributed by atoms with Crippen LogP contribution in [0.4, 0.5) is 0 Å². The van der Waals surface area contributed by atoms with Crippen molar-refractivity contribution in [1.82, 2.24) is 10.3 Å². The fourth-order valence-corrected chi connectivity index (χ4v) is 2.87. The monoisotopic (exact) mass is 278 g/mol. The first-order valence-corrected chi connectivity index (χ1v) is 7.16. The maximum atomic E-state index is 12.1. The fourth-order valence-electron chi connectivity index (χ4n) is 2.87. The predicted molar refractivity (Wildman–Crippen MR) is 76.8 cm³/mol. The quantitative estimate of drug-likeness (QED) is 0.778. The van der Waals surface area contributed by atoms with Crippen molar-refractivity contribution in [1.29, 1.82) is 0 Å². The third-order valence-electron chi connectivity index (χ3n) is 3.99. The summed E-state index contributed by atoms with van der Waals surface area (Å²) >= 11 is 0. The molecule has 5 nitrogen and oxygen atoms in total. The molecule has 2 rings (SSSR count). The minimum absolute atomic E-state index is 0.0949. The lowest BCUT2D eigenvalue weighted by Gasteiger charge is -2.27. The lowest BCUT2D eigenvalue weighted by atomic mass is 9.86. The van der Waals surface area contributed by atoms with Crippen LogP contribution in [0.3, 0.4) is 0 Å². The van der Waals surface area contributed by atoms with E-state index < -0.39 is 0 Å². The summed E-state index contributed by atoms with van der Waals surface area (Å²) in [5.41, 5.74) is 1.23. The van der Waals surface area contributed by atoms with Gasteiger partial charge in [-0.1, -0.05) is 12.8 Å². The highest BCUT2D eigenvalue weighted by Gasteiger charge is 2.24. The summed E-state index contributed by atoms with van der Waals surface area (Å²) in [5, 5.41) is 12.7. The Morgan fingerprint density at radius 3 is 2.75 bits per heavy atom. The maximum Gasteiger partial charge on any atom is 0.261 e. The first kappa shape index (κ1) is 14.8. The van der Waals surface area contributed by atoms with Gasteiger partial charge in [0.2, 0.25) is 0 Å². The molecule has 1 aliphatic rings. The molecule has 1 aromatic heterocycles. The summed E-state index contributed by atoms with van der Waals surface area (Å²) in [5.74, 6) is -0.265. The van der Waals surface area contributed by atoms with Gasteiger partial charge in [-0.05, 0) is 38.3 Å². The Bertz CT molecular complexity index is 551. The number of rotatable bonds is 3. The van der Waals surface area contributed by atoms with Gasteiger partial charge in [0.1, 0.15) is 5.56 Å². The van der Waals surface area contributed by atoms with Crippen molar-refractivity contribution in [2.75, 3.05) is 6.54 Å². The molecule has 3 N–H and O–H groups in total. The number of pyridine rings is 1. The second-order valence-electron chi connectivity index (χ2n) is 5.66. The molecular weight excluding hydrogens is 256 g/mol. The smallest absolute Gasteiger partial charge is 0.261 e. The Morgan fingerprint density at radius 1 is 1.40 bits per heavy atom. The first-order valence-electron chi connectivity index (χ1n) is 7.16. The highest BCUT2D eigenvalue weighted by Crippen LogP contribution is 2.23. The molecule has 20 heavy (non-hydrogen) atoms. The van der Waals surface area contributed by atoms with Crippen LogP contribution in [-0.4, -0.2) is 28.6 Å². The van der Waals surface area contributed by atoms with Gasteiger partial charge in [-0.3, -0.25) is 9.59 Å². The molecule has 1 amide bonds. The Kier molecular flexibility index (Phi) is 4.60. The van der Waals surface area contributed by atoms with E-state index in [0.717, 1.165) is 31.4 Å². The Hall–Kier alpha value is -1.62. The summed E-state index contributed by atoms with van der Waals surface area (Å²) in [6.45, 7) is 3.97. The average molecular weight is 278 g/mol. The van der Waals surface area contributed by atoms with Crippen LogP contribution in [0, 0.1) is 19.8 Å². The molecule has 0 aliphatic heterocycles. The summed E-state index contributed by atoms with van der Waals surface area (Å²) in [4.78, 5) is 26.6. The second-order valence-corrected chi connectivity index (χ2v) is 5.66. The minimum Gasteiger partial charge on any atom is -0.393 e. The van der Waals surface area contributed by atoms with Gasteiger partial charge < -0.3 is 15.4 Å². The third kappa shape index (κ3) is 3.28. The van der Waals surface area contributed by atoms with Crippen LogP contribution in [0.15, 0.2) is 10.9 Å². The predicted octanol–water partition coefficient (Wildman–Crippen LogP) is 1.27. The number of carbonyl (C=O) groups excluding carboxylic acids is 1. The lowest BCUT2D eigenvalue weighted by Crippen LogP contribution is -2.38. The van der Waals surface area contributed by atoms with E-state index in [9.17, 15) is 14.7 Å². The molecule has 2 atom stereocenters. The number of aryl methyl sites for hydroxylation is 2. The lowest BCUT2D eigenvalue weighted by molar-refractivity contribution is 0.0662. The zero-order valence-corrected chi connectivity index (χ0v) is 12.0. The fraction of sp³-hybridized carbons (Fsp3) is 0.600. The van der Waals surface area contributed by atoms with E-state index in [0.29, 0.717) is 12.1 Å². The molecule has 0 saturated heterocycles. The number of hydrogen-bond acceptors (Lipinski definition) is 3. The van der Waals surface area contributed by atoms with E-state index >= 15 is 0 Å². The van der Waals surface area contributed by atoms with Gasteiger partial charge in [0, 0.05) is 18.2 Å². The summed E-state index contributed by atoms with van der Waals surface area (Å²) in [7, 11) is 0. The molecule has 1 heterocycles. The van der Waals surface area contributed by atoms with Crippen LogP contribution >= 0.6 is 0 Å². The highest BCUT2D eigenvalue weighted by molar-refractivity contribution is 5.95. The van der Waals surface area contributed by atoms with E-state index in [1.54, 1.807) is 19.9 Å². The molecule has 0 spiro atoms. The highest BCUT2D eigenvalue weighted by atomic mass is 16.3. The van der Waals surface area contributed by atoms with E-state index in [1.165, 1.54) is 0 Å². The van der Waals surface area contributed by atoms with Crippen molar-refractivity contribution in [2.24, 2.45) is 5.92 Å². The van der Waals surface area contributed by atoms with Crippen molar-refractivity contribution in [3.63, 3.8) is 0 Å². The number of carbonyl (C=O) groups is 1. The van der Waals surface area contributed by atoms with Crippen LogP contribution in [-0.2, 0) is 0 Å². The minimum atomic E-state index is -0.360. The molecular formula is C15H22N2O3. The normalized spacial score (nSPS) is 22.6. The maximum absolute atomic E-state index is 12.1. The van der Waals surface area contributed by atoms with Gasteiger partial charge in [-0.2, -0.15) is 0 Å². The van der Waals surface area contributed by atoms with Gasteiger partial charge in [0.25, 0.3) is 11.5 Å². The molecule has 1 saturated carbocycles. The van der Waals surface area contributed by atoms with E-state index in [-0.39, 0.29) is 29.1 Å². The number of aromatic nitrogens is 1. The van der Waals surface area contributed by atoms with Crippen LogP contribution in [0.1, 0.15) is 47.3 Å². The van der Waals surface area contributed by atoms with Crippen molar-refractivity contribution in [3.8, 4) is 0 Å². The first-order chi connectivity index (χ1) is 9.49. The van der Waals surface area contributed by atoms with Gasteiger partial charge in [0.05, 0.1) is 6.10 Å². The standard InChI is InChI=1S/C15H22N2O3/c1-9-7-10(2)17-15(20)13(9)14(19)16-8-11-5-3-4-6-12(11)18/h7,11-12,18H,3-6,8H2,1-2H3,(H,16,19)(H,17,20). The molecule has 1 aliphatic carbocycles.